The molecular weight excluding hydrogens is 292 g/mol. The number of aromatic nitrogens is 2. The van der Waals surface area contributed by atoms with Crippen LogP contribution in [0.4, 0.5) is 0 Å². The van der Waals surface area contributed by atoms with Crippen LogP contribution in [0, 0.1) is 0 Å². The highest BCUT2D eigenvalue weighted by Gasteiger charge is 2.06. The second kappa shape index (κ2) is 7.93. The van der Waals surface area contributed by atoms with Crippen LogP contribution in [-0.4, -0.2) is 28.3 Å². The average molecular weight is 309 g/mol. The summed E-state index contributed by atoms with van der Waals surface area (Å²) in [5.74, 6) is 1.50. The number of hydrogen-bond acceptors (Lipinski definition) is 5. The largest absolute Gasteiger partial charge is 0.439 e. The van der Waals surface area contributed by atoms with Crippen LogP contribution in [0.3, 0.4) is 0 Å². The van der Waals surface area contributed by atoms with Crippen LogP contribution in [0.5, 0.6) is 11.6 Å². The van der Waals surface area contributed by atoms with Crippen LogP contribution in [0.1, 0.15) is 18.3 Å². The predicted octanol–water partition coefficient (Wildman–Crippen LogP) is 2.99. The van der Waals surface area contributed by atoms with Gasteiger partial charge in [-0.2, -0.15) is 4.98 Å². The van der Waals surface area contributed by atoms with Crippen molar-refractivity contribution in [3.8, 4) is 11.6 Å². The van der Waals surface area contributed by atoms with E-state index in [4.69, 9.17) is 26.2 Å². The van der Waals surface area contributed by atoms with E-state index in [1.165, 1.54) is 0 Å². The first-order valence-corrected chi connectivity index (χ1v) is 7.08. The Bertz CT molecular complexity index is 576. The van der Waals surface area contributed by atoms with E-state index in [1.807, 2.05) is 31.2 Å². The number of halogens is 1. The molecule has 0 unspecified atom stereocenters. The molecule has 0 saturated carbocycles. The minimum atomic E-state index is 0.127. The standard InChI is InChI=1S/C15H17ClN2O3/c1-2-20-10-14-17-13(16)9-15(18-14)21-12-5-3-11(4-6-12)7-8-19/h3-6,9,19H,2,7-8,10H2,1H3. The van der Waals surface area contributed by atoms with Crippen molar-refractivity contribution in [1.29, 1.82) is 0 Å². The molecule has 6 heteroatoms. The van der Waals surface area contributed by atoms with Gasteiger partial charge in [-0.05, 0) is 31.0 Å². The molecule has 112 valence electrons. The Kier molecular flexibility index (Phi) is 5.92. The Morgan fingerprint density at radius 1 is 1.19 bits per heavy atom. The van der Waals surface area contributed by atoms with Crippen LogP contribution in [0.25, 0.3) is 0 Å². The smallest absolute Gasteiger partial charge is 0.224 e. The van der Waals surface area contributed by atoms with Crippen molar-refractivity contribution in [3.05, 3.63) is 46.9 Å². The van der Waals surface area contributed by atoms with E-state index in [-0.39, 0.29) is 6.61 Å². The molecular formula is C15H17ClN2O3. The Morgan fingerprint density at radius 3 is 2.62 bits per heavy atom. The first kappa shape index (κ1) is 15.7. The number of hydrogen-bond donors (Lipinski definition) is 1. The molecule has 0 radical (unpaired) electrons. The van der Waals surface area contributed by atoms with Gasteiger partial charge in [-0.3, -0.25) is 0 Å². The van der Waals surface area contributed by atoms with Crippen LogP contribution in [0.15, 0.2) is 30.3 Å². The van der Waals surface area contributed by atoms with Gasteiger partial charge in [0.25, 0.3) is 0 Å². The van der Waals surface area contributed by atoms with E-state index in [0.717, 1.165) is 5.56 Å². The van der Waals surface area contributed by atoms with Crippen molar-refractivity contribution in [1.82, 2.24) is 9.97 Å². The summed E-state index contributed by atoms with van der Waals surface area (Å²) in [5.41, 5.74) is 1.04. The fourth-order valence-electron chi connectivity index (χ4n) is 1.73. The third kappa shape index (κ3) is 4.97. The number of nitrogens with zero attached hydrogens (tertiary/aromatic N) is 2. The van der Waals surface area contributed by atoms with E-state index < -0.39 is 0 Å². The molecule has 0 aliphatic carbocycles. The highest BCUT2D eigenvalue weighted by molar-refractivity contribution is 6.29. The topological polar surface area (TPSA) is 64.5 Å². The fraction of sp³-hybridized carbons (Fsp3) is 0.333. The Morgan fingerprint density at radius 2 is 1.95 bits per heavy atom. The molecule has 0 aliphatic heterocycles. The van der Waals surface area contributed by atoms with Crippen molar-refractivity contribution in [2.24, 2.45) is 0 Å². The molecule has 1 aromatic heterocycles. The quantitative estimate of drug-likeness (QED) is 0.797. The highest BCUT2D eigenvalue weighted by atomic mass is 35.5. The molecule has 1 heterocycles. The van der Waals surface area contributed by atoms with Gasteiger partial charge in [0.15, 0.2) is 5.82 Å². The zero-order chi connectivity index (χ0) is 15.1. The third-order valence-electron chi connectivity index (χ3n) is 2.70. The molecule has 21 heavy (non-hydrogen) atoms. The zero-order valence-corrected chi connectivity index (χ0v) is 12.5. The van der Waals surface area contributed by atoms with Gasteiger partial charge in [0.2, 0.25) is 5.88 Å². The summed E-state index contributed by atoms with van der Waals surface area (Å²) >= 11 is 5.95. The SMILES string of the molecule is CCOCc1nc(Cl)cc(Oc2ccc(CCO)cc2)n1. The van der Waals surface area contributed by atoms with Gasteiger partial charge >= 0.3 is 0 Å². The molecule has 0 amide bonds. The number of rotatable bonds is 7. The second-order valence-corrected chi connectivity index (χ2v) is 4.69. The summed E-state index contributed by atoms with van der Waals surface area (Å²) in [6, 6.07) is 9.00. The molecule has 0 bridgehead atoms. The maximum Gasteiger partial charge on any atom is 0.224 e. The summed E-state index contributed by atoms with van der Waals surface area (Å²) < 4.78 is 10.9. The van der Waals surface area contributed by atoms with Crippen molar-refractivity contribution < 1.29 is 14.6 Å². The second-order valence-electron chi connectivity index (χ2n) is 4.30. The van der Waals surface area contributed by atoms with Gasteiger partial charge in [0.05, 0.1) is 0 Å². The predicted molar refractivity (Wildman–Crippen MR) is 79.7 cm³/mol. The number of benzene rings is 1. The first-order chi connectivity index (χ1) is 10.2. The van der Waals surface area contributed by atoms with Crippen molar-refractivity contribution in [2.75, 3.05) is 13.2 Å². The van der Waals surface area contributed by atoms with E-state index in [1.54, 1.807) is 6.07 Å². The van der Waals surface area contributed by atoms with Gasteiger partial charge in [-0.25, -0.2) is 4.98 Å². The molecule has 5 nitrogen and oxygen atoms in total. The molecule has 0 saturated heterocycles. The highest BCUT2D eigenvalue weighted by Crippen LogP contribution is 2.22. The summed E-state index contributed by atoms with van der Waals surface area (Å²) in [6.45, 7) is 2.90. The lowest BCUT2D eigenvalue weighted by molar-refractivity contribution is 0.128. The van der Waals surface area contributed by atoms with E-state index >= 15 is 0 Å². The molecule has 0 spiro atoms. The molecule has 1 aromatic carbocycles. The summed E-state index contributed by atoms with van der Waals surface area (Å²) in [5, 5.41) is 9.19. The molecule has 0 atom stereocenters. The lowest BCUT2D eigenvalue weighted by Crippen LogP contribution is -2.01. The van der Waals surface area contributed by atoms with Crippen molar-refractivity contribution in [3.63, 3.8) is 0 Å². The maximum absolute atomic E-state index is 8.88. The lowest BCUT2D eigenvalue weighted by atomic mass is 10.1. The Hall–Kier alpha value is -1.69. The minimum absolute atomic E-state index is 0.127. The van der Waals surface area contributed by atoms with Crippen LogP contribution in [0.2, 0.25) is 5.15 Å². The lowest BCUT2D eigenvalue weighted by Gasteiger charge is -2.08. The zero-order valence-electron chi connectivity index (χ0n) is 11.8. The van der Waals surface area contributed by atoms with Crippen LogP contribution >= 0.6 is 11.6 Å². The normalized spacial score (nSPS) is 10.6. The number of aliphatic hydroxyl groups excluding tert-OH is 1. The molecule has 0 fully saturated rings. The van der Waals surface area contributed by atoms with Gasteiger partial charge < -0.3 is 14.6 Å². The van der Waals surface area contributed by atoms with Gasteiger partial charge in [-0.1, -0.05) is 23.7 Å². The fourth-order valence-corrected chi connectivity index (χ4v) is 1.92. The molecule has 2 aromatic rings. The molecule has 1 N–H and O–H groups in total. The molecule has 0 aliphatic rings. The van der Waals surface area contributed by atoms with E-state index in [9.17, 15) is 0 Å². The number of aliphatic hydroxyl groups is 1. The third-order valence-corrected chi connectivity index (χ3v) is 2.89. The van der Waals surface area contributed by atoms with E-state index in [0.29, 0.717) is 42.2 Å². The van der Waals surface area contributed by atoms with Crippen molar-refractivity contribution >= 4 is 11.6 Å². The summed E-state index contributed by atoms with van der Waals surface area (Å²) in [4.78, 5) is 8.32. The maximum atomic E-state index is 8.88. The monoisotopic (exact) mass is 308 g/mol. The van der Waals surface area contributed by atoms with Crippen LogP contribution < -0.4 is 4.74 Å². The minimum Gasteiger partial charge on any atom is -0.439 e. The van der Waals surface area contributed by atoms with Gasteiger partial charge in [-0.15, -0.1) is 0 Å². The summed E-state index contributed by atoms with van der Waals surface area (Å²) in [6.07, 6.45) is 0.623. The first-order valence-electron chi connectivity index (χ1n) is 6.70. The Balaban J connectivity index is 2.09. The van der Waals surface area contributed by atoms with Gasteiger partial charge in [0, 0.05) is 19.3 Å². The molecule has 2 rings (SSSR count). The average Bonchev–Trinajstić information content (AvgIpc) is 2.47. The van der Waals surface area contributed by atoms with Gasteiger partial charge in [0.1, 0.15) is 17.5 Å². The van der Waals surface area contributed by atoms with Crippen molar-refractivity contribution in [2.45, 2.75) is 20.0 Å². The van der Waals surface area contributed by atoms with E-state index in [2.05, 4.69) is 9.97 Å². The number of ether oxygens (including phenoxy) is 2. The summed E-state index contributed by atoms with van der Waals surface area (Å²) in [7, 11) is 0. The Labute approximate surface area is 128 Å². The van der Waals surface area contributed by atoms with Crippen LogP contribution in [-0.2, 0) is 17.8 Å².